The Hall–Kier alpha value is -3.47. The van der Waals surface area contributed by atoms with Crippen LogP contribution in [0.15, 0.2) is 36.7 Å². The molecule has 0 radical (unpaired) electrons. The maximum Gasteiger partial charge on any atom is 0.233 e. The van der Waals surface area contributed by atoms with Gasteiger partial charge in [-0.1, -0.05) is 12.1 Å². The van der Waals surface area contributed by atoms with Gasteiger partial charge in [0, 0.05) is 17.7 Å². The summed E-state index contributed by atoms with van der Waals surface area (Å²) < 4.78 is 0. The Labute approximate surface area is 150 Å². The van der Waals surface area contributed by atoms with E-state index in [1.165, 1.54) is 19.2 Å². The molecule has 1 saturated carbocycles. The molecule has 3 N–H and O–H groups in total. The van der Waals surface area contributed by atoms with Crippen molar-refractivity contribution in [1.29, 1.82) is 5.26 Å². The van der Waals surface area contributed by atoms with E-state index in [2.05, 4.69) is 41.9 Å². The fraction of sp³-hybridized carbons (Fsp3) is 0.278. The fourth-order valence-electron chi connectivity index (χ4n) is 2.67. The van der Waals surface area contributed by atoms with E-state index in [1.807, 2.05) is 25.1 Å². The monoisotopic (exact) mass is 346 g/mol. The second-order valence-corrected chi connectivity index (χ2v) is 6.34. The van der Waals surface area contributed by atoms with Gasteiger partial charge >= 0.3 is 0 Å². The fourth-order valence-corrected chi connectivity index (χ4v) is 2.67. The Morgan fingerprint density at radius 2 is 1.96 bits per heavy atom. The molecule has 4 rings (SSSR count). The number of aromatic amines is 1. The highest BCUT2D eigenvalue weighted by Gasteiger charge is 2.25. The third kappa shape index (κ3) is 3.62. The molecular weight excluding hydrogens is 328 g/mol. The molecule has 1 fully saturated rings. The summed E-state index contributed by atoms with van der Waals surface area (Å²) in [5, 5.41) is 22.5. The van der Waals surface area contributed by atoms with E-state index in [4.69, 9.17) is 5.26 Å². The van der Waals surface area contributed by atoms with Gasteiger partial charge in [-0.25, -0.2) is 9.97 Å². The summed E-state index contributed by atoms with van der Waals surface area (Å²) >= 11 is 0. The van der Waals surface area contributed by atoms with Crippen LogP contribution in [0.2, 0.25) is 0 Å². The van der Waals surface area contributed by atoms with Crippen LogP contribution < -0.4 is 10.6 Å². The van der Waals surface area contributed by atoms with Gasteiger partial charge in [0.15, 0.2) is 5.82 Å². The van der Waals surface area contributed by atoms with E-state index in [0.717, 1.165) is 11.3 Å². The minimum Gasteiger partial charge on any atom is -0.348 e. The van der Waals surface area contributed by atoms with E-state index in [-0.39, 0.29) is 6.04 Å². The first-order valence-electron chi connectivity index (χ1n) is 8.49. The van der Waals surface area contributed by atoms with Crippen LogP contribution in [0.3, 0.4) is 0 Å². The van der Waals surface area contributed by atoms with Crippen molar-refractivity contribution >= 4 is 17.7 Å². The van der Waals surface area contributed by atoms with Gasteiger partial charge in [0.2, 0.25) is 11.9 Å². The third-order valence-corrected chi connectivity index (χ3v) is 4.31. The van der Waals surface area contributed by atoms with Crippen molar-refractivity contribution in [3.8, 4) is 6.07 Å². The number of hydrogen-bond donors (Lipinski definition) is 3. The molecule has 1 aliphatic carbocycles. The van der Waals surface area contributed by atoms with Gasteiger partial charge in [0.05, 0.1) is 17.7 Å². The second-order valence-electron chi connectivity index (χ2n) is 6.34. The van der Waals surface area contributed by atoms with Crippen LogP contribution in [0.25, 0.3) is 0 Å². The first kappa shape index (κ1) is 16.0. The largest absolute Gasteiger partial charge is 0.348 e. The number of nitrogens with zero attached hydrogens (tertiary/aromatic N) is 5. The standard InChI is InChI=1S/C18H18N8/c1-11(13-4-2-12(9-19)3-5-13)22-17-20-10-21-18(24-17)23-16-8-15(25-26-16)14-6-7-14/h2-5,8,10-11,14H,6-7H2,1H3,(H3,20,21,22,23,24,25,26). The lowest BCUT2D eigenvalue weighted by Gasteiger charge is -2.14. The molecule has 0 bridgehead atoms. The van der Waals surface area contributed by atoms with E-state index in [1.54, 1.807) is 12.1 Å². The van der Waals surface area contributed by atoms with Crippen molar-refractivity contribution in [3.05, 3.63) is 53.5 Å². The predicted octanol–water partition coefficient (Wildman–Crippen LogP) is 3.26. The van der Waals surface area contributed by atoms with Crippen LogP contribution in [-0.2, 0) is 0 Å². The average molecular weight is 346 g/mol. The van der Waals surface area contributed by atoms with Crippen LogP contribution in [0.4, 0.5) is 17.7 Å². The predicted molar refractivity (Wildman–Crippen MR) is 96.9 cm³/mol. The van der Waals surface area contributed by atoms with Crippen molar-refractivity contribution in [2.24, 2.45) is 0 Å². The Balaban J connectivity index is 1.43. The highest BCUT2D eigenvalue weighted by Crippen LogP contribution is 2.39. The Kier molecular flexibility index (Phi) is 4.19. The number of aromatic nitrogens is 5. The van der Waals surface area contributed by atoms with Crippen molar-refractivity contribution in [3.63, 3.8) is 0 Å². The smallest absolute Gasteiger partial charge is 0.233 e. The van der Waals surface area contributed by atoms with Crippen LogP contribution in [0.5, 0.6) is 0 Å². The molecule has 26 heavy (non-hydrogen) atoms. The zero-order valence-corrected chi connectivity index (χ0v) is 14.3. The summed E-state index contributed by atoms with van der Waals surface area (Å²) in [5.41, 5.74) is 2.83. The van der Waals surface area contributed by atoms with Gasteiger partial charge in [-0.3, -0.25) is 5.10 Å². The van der Waals surface area contributed by atoms with Crippen LogP contribution >= 0.6 is 0 Å². The number of rotatable bonds is 6. The minimum atomic E-state index is -0.00940. The summed E-state index contributed by atoms with van der Waals surface area (Å²) in [6.45, 7) is 2.01. The SMILES string of the molecule is CC(Nc1ncnc(Nc2cc(C3CC3)[nH]n2)n1)c1ccc(C#N)cc1. The molecule has 8 heteroatoms. The van der Waals surface area contributed by atoms with Crippen molar-refractivity contribution < 1.29 is 0 Å². The topological polar surface area (TPSA) is 115 Å². The number of anilines is 3. The molecule has 0 spiro atoms. The molecule has 0 saturated heterocycles. The summed E-state index contributed by atoms with van der Waals surface area (Å²) in [4.78, 5) is 12.7. The number of nitriles is 1. The molecule has 1 aromatic carbocycles. The molecule has 0 amide bonds. The van der Waals surface area contributed by atoms with Gasteiger partial charge < -0.3 is 10.6 Å². The lowest BCUT2D eigenvalue weighted by Crippen LogP contribution is -2.11. The minimum absolute atomic E-state index is 0.00940. The highest BCUT2D eigenvalue weighted by atomic mass is 15.3. The van der Waals surface area contributed by atoms with E-state index >= 15 is 0 Å². The Morgan fingerprint density at radius 1 is 1.19 bits per heavy atom. The molecule has 2 heterocycles. The van der Waals surface area contributed by atoms with Crippen LogP contribution in [-0.4, -0.2) is 25.1 Å². The van der Waals surface area contributed by atoms with Gasteiger partial charge in [-0.15, -0.1) is 0 Å². The van der Waals surface area contributed by atoms with Crippen molar-refractivity contribution in [1.82, 2.24) is 25.1 Å². The number of nitrogens with one attached hydrogen (secondary N) is 3. The highest BCUT2D eigenvalue weighted by molar-refractivity contribution is 5.50. The lowest BCUT2D eigenvalue weighted by atomic mass is 10.1. The Bertz CT molecular complexity index is 936. The van der Waals surface area contributed by atoms with Crippen LogP contribution in [0.1, 0.15) is 48.5 Å². The van der Waals surface area contributed by atoms with E-state index < -0.39 is 0 Å². The molecule has 3 aromatic rings. The van der Waals surface area contributed by atoms with Gasteiger partial charge in [0.25, 0.3) is 0 Å². The number of benzene rings is 1. The van der Waals surface area contributed by atoms with E-state index in [0.29, 0.717) is 29.2 Å². The first-order chi connectivity index (χ1) is 12.7. The van der Waals surface area contributed by atoms with Crippen molar-refractivity contribution in [2.75, 3.05) is 10.6 Å². The Morgan fingerprint density at radius 3 is 2.69 bits per heavy atom. The van der Waals surface area contributed by atoms with Gasteiger partial charge in [0.1, 0.15) is 6.33 Å². The van der Waals surface area contributed by atoms with E-state index in [9.17, 15) is 0 Å². The molecule has 2 aromatic heterocycles. The lowest BCUT2D eigenvalue weighted by molar-refractivity contribution is 0.854. The summed E-state index contributed by atoms with van der Waals surface area (Å²) in [6, 6.07) is 11.5. The normalized spacial score (nSPS) is 14.5. The average Bonchev–Trinajstić information content (AvgIpc) is 3.42. The van der Waals surface area contributed by atoms with Crippen LogP contribution in [0, 0.1) is 11.3 Å². The molecule has 8 nitrogen and oxygen atoms in total. The maximum absolute atomic E-state index is 8.88. The molecular formula is C18H18N8. The third-order valence-electron chi connectivity index (χ3n) is 4.31. The molecule has 130 valence electrons. The second kappa shape index (κ2) is 6.80. The summed E-state index contributed by atoms with van der Waals surface area (Å²) in [5.74, 6) is 2.21. The molecule has 1 atom stereocenters. The molecule has 1 unspecified atom stereocenters. The zero-order valence-electron chi connectivity index (χ0n) is 14.3. The maximum atomic E-state index is 8.88. The van der Waals surface area contributed by atoms with Crippen molar-refractivity contribution in [2.45, 2.75) is 31.7 Å². The molecule has 1 aliphatic rings. The summed E-state index contributed by atoms with van der Waals surface area (Å²) in [6.07, 6.45) is 3.89. The number of H-pyrrole nitrogens is 1. The zero-order chi connectivity index (χ0) is 17.9. The summed E-state index contributed by atoms with van der Waals surface area (Å²) in [7, 11) is 0. The van der Waals surface area contributed by atoms with Gasteiger partial charge in [-0.2, -0.15) is 15.3 Å². The number of hydrogen-bond acceptors (Lipinski definition) is 7. The molecule has 0 aliphatic heterocycles. The first-order valence-corrected chi connectivity index (χ1v) is 8.49. The quantitative estimate of drug-likeness (QED) is 0.627. The van der Waals surface area contributed by atoms with Gasteiger partial charge in [-0.05, 0) is 37.5 Å².